The number of likely N-dealkylation sites (N-methyl/N-ethyl adjacent to an activating group) is 1. The van der Waals surface area contributed by atoms with Crippen LogP contribution in [0.25, 0.3) is 0 Å². The molecular formula is C13H14N2. The summed E-state index contributed by atoms with van der Waals surface area (Å²) in [6, 6.07) is 8.16. The smallest absolute Gasteiger partial charge is 0.0647 e. The molecule has 0 saturated heterocycles. The van der Waals surface area contributed by atoms with Crippen LogP contribution in [0.15, 0.2) is 61.0 Å². The van der Waals surface area contributed by atoms with E-state index in [2.05, 4.69) is 35.5 Å². The van der Waals surface area contributed by atoms with E-state index >= 15 is 0 Å². The average molecular weight is 198 g/mol. The van der Waals surface area contributed by atoms with Crippen LogP contribution in [0, 0.1) is 0 Å². The first-order chi connectivity index (χ1) is 7.27. The van der Waals surface area contributed by atoms with Crippen LogP contribution >= 0.6 is 0 Å². The lowest BCUT2D eigenvalue weighted by molar-refractivity contribution is 1.09. The Morgan fingerprint density at radius 3 is 2.60 bits per heavy atom. The SMILES string of the molecule is C=CC1=C(C=C)N(C)c2ccccc2N1. The zero-order chi connectivity index (χ0) is 10.8. The van der Waals surface area contributed by atoms with Gasteiger partial charge in [-0.05, 0) is 24.3 Å². The first kappa shape index (κ1) is 9.59. The Hall–Kier alpha value is -1.96. The Morgan fingerprint density at radius 2 is 1.93 bits per heavy atom. The van der Waals surface area contributed by atoms with Crippen molar-refractivity contribution in [2.45, 2.75) is 0 Å². The molecule has 0 atom stereocenters. The van der Waals surface area contributed by atoms with Crippen molar-refractivity contribution >= 4 is 11.4 Å². The maximum Gasteiger partial charge on any atom is 0.0647 e. The van der Waals surface area contributed by atoms with Crippen molar-refractivity contribution in [3.63, 3.8) is 0 Å². The summed E-state index contributed by atoms with van der Waals surface area (Å²) in [7, 11) is 2.03. The standard InChI is InChI=1S/C13H14N2/c1-4-10-12(5-2)15(3)13-9-7-6-8-11(13)14-10/h4-9,14H,1-2H2,3H3. The molecule has 1 heterocycles. The Morgan fingerprint density at radius 1 is 1.20 bits per heavy atom. The van der Waals surface area contributed by atoms with E-state index in [1.165, 1.54) is 0 Å². The number of hydrogen-bond donors (Lipinski definition) is 1. The second kappa shape index (κ2) is 3.65. The third-order valence-electron chi connectivity index (χ3n) is 2.57. The van der Waals surface area contributed by atoms with Gasteiger partial charge < -0.3 is 10.2 Å². The molecule has 15 heavy (non-hydrogen) atoms. The molecule has 1 aliphatic rings. The molecular weight excluding hydrogens is 184 g/mol. The third kappa shape index (κ3) is 1.44. The highest BCUT2D eigenvalue weighted by atomic mass is 15.2. The fourth-order valence-corrected chi connectivity index (χ4v) is 1.79. The predicted molar refractivity (Wildman–Crippen MR) is 65.9 cm³/mol. The molecule has 0 saturated carbocycles. The monoisotopic (exact) mass is 198 g/mol. The van der Waals surface area contributed by atoms with Crippen molar-refractivity contribution in [1.82, 2.24) is 0 Å². The minimum Gasteiger partial charge on any atom is -0.352 e. The number of nitrogens with zero attached hydrogens (tertiary/aromatic N) is 1. The van der Waals surface area contributed by atoms with Crippen molar-refractivity contribution in [3.05, 3.63) is 61.0 Å². The summed E-state index contributed by atoms with van der Waals surface area (Å²) < 4.78 is 0. The zero-order valence-electron chi connectivity index (χ0n) is 8.83. The molecule has 0 fully saturated rings. The van der Waals surface area contributed by atoms with Gasteiger partial charge >= 0.3 is 0 Å². The van der Waals surface area contributed by atoms with Gasteiger partial charge in [-0.3, -0.25) is 0 Å². The largest absolute Gasteiger partial charge is 0.352 e. The van der Waals surface area contributed by atoms with E-state index in [4.69, 9.17) is 0 Å². The Labute approximate surface area is 90.2 Å². The lowest BCUT2D eigenvalue weighted by atomic mass is 10.1. The lowest BCUT2D eigenvalue weighted by Crippen LogP contribution is -2.24. The fourth-order valence-electron chi connectivity index (χ4n) is 1.79. The lowest BCUT2D eigenvalue weighted by Gasteiger charge is -2.30. The molecule has 2 nitrogen and oxygen atoms in total. The maximum absolute atomic E-state index is 3.82. The Balaban J connectivity index is 2.56. The van der Waals surface area contributed by atoms with E-state index < -0.39 is 0 Å². The van der Waals surface area contributed by atoms with Gasteiger partial charge in [0.2, 0.25) is 0 Å². The summed E-state index contributed by atoms with van der Waals surface area (Å²) in [6.07, 6.45) is 3.64. The molecule has 0 amide bonds. The summed E-state index contributed by atoms with van der Waals surface area (Å²) >= 11 is 0. The number of nitrogens with one attached hydrogen (secondary N) is 1. The third-order valence-corrected chi connectivity index (χ3v) is 2.57. The summed E-state index contributed by atoms with van der Waals surface area (Å²) in [5.41, 5.74) is 4.29. The van der Waals surface area contributed by atoms with Crippen molar-refractivity contribution in [3.8, 4) is 0 Å². The van der Waals surface area contributed by atoms with E-state index in [0.29, 0.717) is 0 Å². The number of allylic oxidation sites excluding steroid dienone is 2. The molecule has 2 rings (SSSR count). The molecule has 1 aromatic carbocycles. The summed E-state index contributed by atoms with van der Waals surface area (Å²) in [4.78, 5) is 2.11. The second-order valence-electron chi connectivity index (χ2n) is 3.41. The predicted octanol–water partition coefficient (Wildman–Crippen LogP) is 3.13. The van der Waals surface area contributed by atoms with Gasteiger partial charge in [-0.25, -0.2) is 0 Å². The van der Waals surface area contributed by atoms with Crippen LogP contribution in [0.4, 0.5) is 11.4 Å². The molecule has 0 aliphatic carbocycles. The van der Waals surface area contributed by atoms with E-state index in [1.807, 2.05) is 31.3 Å². The van der Waals surface area contributed by atoms with Gasteiger partial charge in [-0.15, -0.1) is 0 Å². The highest BCUT2D eigenvalue weighted by Crippen LogP contribution is 2.34. The van der Waals surface area contributed by atoms with Crippen LogP contribution in [-0.2, 0) is 0 Å². The molecule has 0 unspecified atom stereocenters. The van der Waals surface area contributed by atoms with E-state index in [9.17, 15) is 0 Å². The average Bonchev–Trinajstić information content (AvgIpc) is 2.29. The molecule has 1 N–H and O–H groups in total. The molecule has 2 heteroatoms. The van der Waals surface area contributed by atoms with Gasteiger partial charge in [0.1, 0.15) is 0 Å². The molecule has 0 spiro atoms. The molecule has 1 aromatic rings. The summed E-state index contributed by atoms with van der Waals surface area (Å²) in [5, 5.41) is 3.33. The highest BCUT2D eigenvalue weighted by molar-refractivity contribution is 5.79. The fraction of sp³-hybridized carbons (Fsp3) is 0.0769. The van der Waals surface area contributed by atoms with E-state index in [-0.39, 0.29) is 0 Å². The number of para-hydroxylation sites is 2. The minimum absolute atomic E-state index is 0.992. The first-order valence-corrected chi connectivity index (χ1v) is 4.87. The maximum atomic E-state index is 3.82. The molecule has 76 valence electrons. The van der Waals surface area contributed by atoms with E-state index in [1.54, 1.807) is 0 Å². The molecule has 1 aliphatic heterocycles. The Kier molecular flexibility index (Phi) is 2.34. The van der Waals surface area contributed by atoms with Crippen LogP contribution in [0.1, 0.15) is 0 Å². The quantitative estimate of drug-likeness (QED) is 0.785. The number of rotatable bonds is 2. The summed E-state index contributed by atoms with van der Waals surface area (Å²) in [6.45, 7) is 7.61. The minimum atomic E-state index is 0.992. The van der Waals surface area contributed by atoms with Gasteiger partial charge in [0.15, 0.2) is 0 Å². The van der Waals surface area contributed by atoms with E-state index in [0.717, 1.165) is 22.8 Å². The highest BCUT2D eigenvalue weighted by Gasteiger charge is 2.17. The topological polar surface area (TPSA) is 15.3 Å². The normalized spacial score (nSPS) is 14.3. The number of hydrogen-bond acceptors (Lipinski definition) is 2. The second-order valence-corrected chi connectivity index (χ2v) is 3.41. The van der Waals surface area contributed by atoms with Crippen LogP contribution in [0.3, 0.4) is 0 Å². The van der Waals surface area contributed by atoms with Crippen LogP contribution in [-0.4, -0.2) is 7.05 Å². The summed E-state index contributed by atoms with van der Waals surface area (Å²) in [5.74, 6) is 0. The van der Waals surface area contributed by atoms with Crippen molar-refractivity contribution in [1.29, 1.82) is 0 Å². The molecule has 0 aromatic heterocycles. The van der Waals surface area contributed by atoms with Crippen molar-refractivity contribution in [2.75, 3.05) is 17.3 Å². The Bertz CT molecular complexity index is 444. The van der Waals surface area contributed by atoms with Crippen LogP contribution < -0.4 is 10.2 Å². The number of anilines is 2. The van der Waals surface area contributed by atoms with Crippen molar-refractivity contribution in [2.24, 2.45) is 0 Å². The number of benzene rings is 1. The van der Waals surface area contributed by atoms with Crippen LogP contribution in [0.5, 0.6) is 0 Å². The first-order valence-electron chi connectivity index (χ1n) is 4.87. The van der Waals surface area contributed by atoms with Gasteiger partial charge in [0, 0.05) is 7.05 Å². The van der Waals surface area contributed by atoms with Gasteiger partial charge in [-0.1, -0.05) is 25.3 Å². The van der Waals surface area contributed by atoms with Gasteiger partial charge in [0.05, 0.1) is 22.8 Å². The molecule has 0 bridgehead atoms. The molecule has 0 radical (unpaired) electrons. The van der Waals surface area contributed by atoms with Crippen molar-refractivity contribution < 1.29 is 0 Å². The van der Waals surface area contributed by atoms with Gasteiger partial charge in [0.25, 0.3) is 0 Å². The zero-order valence-corrected chi connectivity index (χ0v) is 8.83. The van der Waals surface area contributed by atoms with Gasteiger partial charge in [-0.2, -0.15) is 0 Å². The number of fused-ring (bicyclic) bond motifs is 1. The van der Waals surface area contributed by atoms with Crippen LogP contribution in [0.2, 0.25) is 0 Å².